The zero-order valence-corrected chi connectivity index (χ0v) is 4.72. The van der Waals surface area contributed by atoms with Crippen molar-refractivity contribution in [1.29, 1.82) is 0 Å². The molecule has 1 nitrogen and oxygen atoms in total. The monoisotopic (exact) mass is 123 g/mol. The van der Waals surface area contributed by atoms with Gasteiger partial charge in [0.05, 0.1) is 0 Å². The lowest BCUT2D eigenvalue weighted by Gasteiger charge is -1.90. The van der Waals surface area contributed by atoms with E-state index >= 15 is 0 Å². The van der Waals surface area contributed by atoms with Gasteiger partial charge in [-0.05, 0) is 23.2 Å². The molecule has 34 valence electrons. The van der Waals surface area contributed by atoms with Crippen LogP contribution in [-0.2, 0) is 0 Å². The molecule has 0 aromatic rings. The smallest absolute Gasteiger partial charge is 0.276 e. The maximum atomic E-state index is 6.22. The third-order valence-electron chi connectivity index (χ3n) is 0.196. The van der Waals surface area contributed by atoms with Crippen molar-refractivity contribution < 1.29 is 0 Å². The summed E-state index contributed by atoms with van der Waals surface area (Å²) in [4.78, 5) is 2.80. The summed E-state index contributed by atoms with van der Waals surface area (Å²) in [5.74, 6) is 0. The Morgan fingerprint density at radius 3 is 1.83 bits per heavy atom. The zero-order chi connectivity index (χ0) is 5.21. The van der Waals surface area contributed by atoms with Crippen molar-refractivity contribution in [2.45, 2.75) is 11.4 Å². The van der Waals surface area contributed by atoms with E-state index in [0.29, 0.717) is 0 Å². The zero-order valence-electron chi connectivity index (χ0n) is 3.20. The molecule has 0 rings (SSSR count). The van der Waals surface area contributed by atoms with Crippen molar-refractivity contribution in [2.24, 2.45) is 0 Å². The highest BCUT2D eigenvalue weighted by Gasteiger charge is 2.19. The molecule has 0 radical (unpaired) electrons. The van der Waals surface area contributed by atoms with Crippen LogP contribution in [0.15, 0.2) is 0 Å². The molecule has 3 heteroatoms. The van der Waals surface area contributed by atoms with Gasteiger partial charge in [0.1, 0.15) is 0 Å². The van der Waals surface area contributed by atoms with Gasteiger partial charge in [-0.3, -0.25) is 4.85 Å². The quantitative estimate of drug-likeness (QED) is 0.264. The Morgan fingerprint density at radius 1 is 1.67 bits per heavy atom. The van der Waals surface area contributed by atoms with Crippen LogP contribution in [0.2, 0.25) is 0 Å². The van der Waals surface area contributed by atoms with E-state index in [2.05, 4.69) is 4.85 Å². The van der Waals surface area contributed by atoms with Gasteiger partial charge in [0.15, 0.2) is 0 Å². The highest BCUT2D eigenvalue weighted by atomic mass is 35.5. The van der Waals surface area contributed by atoms with Crippen LogP contribution in [0.25, 0.3) is 4.85 Å². The molecule has 0 amide bonds. The average molecular weight is 124 g/mol. The SMILES string of the molecule is [C-]#[N+]C(C)(Cl)Cl. The largest absolute Gasteiger partial charge is 0.379 e. The molecule has 0 saturated heterocycles. The van der Waals surface area contributed by atoms with Gasteiger partial charge < -0.3 is 0 Å². The summed E-state index contributed by atoms with van der Waals surface area (Å²) in [7, 11) is 0. The molecule has 0 bridgehead atoms. The maximum Gasteiger partial charge on any atom is 0.379 e. The van der Waals surface area contributed by atoms with Crippen LogP contribution < -0.4 is 0 Å². The van der Waals surface area contributed by atoms with Gasteiger partial charge in [0.25, 0.3) is 0 Å². The molecule has 0 aliphatic rings. The Morgan fingerprint density at radius 2 is 1.83 bits per heavy atom. The highest BCUT2D eigenvalue weighted by Crippen LogP contribution is 2.19. The van der Waals surface area contributed by atoms with Crippen LogP contribution in [-0.4, -0.2) is 4.46 Å². The molecule has 0 heterocycles. The van der Waals surface area contributed by atoms with Crippen molar-refractivity contribution in [3.63, 3.8) is 0 Å². The summed E-state index contributed by atoms with van der Waals surface area (Å²) in [6, 6.07) is 0. The fraction of sp³-hybridized carbons (Fsp3) is 0.667. The number of hydrogen-bond acceptors (Lipinski definition) is 0. The van der Waals surface area contributed by atoms with E-state index in [4.69, 9.17) is 29.8 Å². The minimum atomic E-state index is -1.22. The minimum absolute atomic E-state index is 1.22. The maximum absolute atomic E-state index is 6.22. The van der Waals surface area contributed by atoms with Crippen molar-refractivity contribution in [1.82, 2.24) is 0 Å². The standard InChI is InChI=1S/C3H3Cl2N/c1-3(4,5)6-2/h1H3. The second-order valence-corrected chi connectivity index (χ2v) is 2.62. The third kappa shape index (κ3) is 4.07. The van der Waals surface area contributed by atoms with E-state index in [1.807, 2.05) is 0 Å². The molecule has 0 spiro atoms. The van der Waals surface area contributed by atoms with Crippen molar-refractivity contribution in [3.8, 4) is 0 Å². The summed E-state index contributed by atoms with van der Waals surface area (Å²) in [5, 5.41) is 0. The van der Waals surface area contributed by atoms with Gasteiger partial charge >= 0.3 is 4.46 Å². The normalized spacial score (nSPS) is 10.3. The number of nitrogens with zero attached hydrogens (tertiary/aromatic N) is 1. The lowest BCUT2D eigenvalue weighted by Crippen LogP contribution is -1.93. The molecule has 0 N–H and O–H groups in total. The number of hydrogen-bond donors (Lipinski definition) is 0. The second kappa shape index (κ2) is 1.68. The Balaban J connectivity index is 3.55. The van der Waals surface area contributed by atoms with E-state index < -0.39 is 4.46 Å². The number of halogens is 2. The fourth-order valence-corrected chi connectivity index (χ4v) is 0. The van der Waals surface area contributed by atoms with Crippen molar-refractivity contribution in [2.75, 3.05) is 0 Å². The minimum Gasteiger partial charge on any atom is -0.276 e. The molecule has 0 aliphatic carbocycles. The topological polar surface area (TPSA) is 4.36 Å². The Bertz CT molecular complexity index is 75.8. The molecule has 0 atom stereocenters. The first-order valence-corrected chi connectivity index (χ1v) is 2.08. The van der Waals surface area contributed by atoms with Gasteiger partial charge in [0.2, 0.25) is 0 Å². The molecule has 6 heavy (non-hydrogen) atoms. The van der Waals surface area contributed by atoms with Gasteiger partial charge in [-0.25, -0.2) is 6.57 Å². The molecule has 0 aliphatic heterocycles. The number of alkyl halides is 2. The predicted molar refractivity (Wildman–Crippen MR) is 26.7 cm³/mol. The molecule has 0 unspecified atom stereocenters. The molecular formula is C3H3Cl2N. The highest BCUT2D eigenvalue weighted by molar-refractivity contribution is 6.49. The Labute approximate surface area is 46.7 Å². The first-order valence-electron chi connectivity index (χ1n) is 1.33. The Hall–Kier alpha value is 0.0700. The summed E-state index contributed by atoms with van der Waals surface area (Å²) in [6.07, 6.45) is 0. The summed E-state index contributed by atoms with van der Waals surface area (Å²) in [5.41, 5.74) is 0. The van der Waals surface area contributed by atoms with Crippen molar-refractivity contribution in [3.05, 3.63) is 11.4 Å². The number of rotatable bonds is 0. The van der Waals surface area contributed by atoms with E-state index in [1.54, 1.807) is 0 Å². The summed E-state index contributed by atoms with van der Waals surface area (Å²) < 4.78 is -1.22. The van der Waals surface area contributed by atoms with Gasteiger partial charge in [-0.15, -0.1) is 0 Å². The molecular weight excluding hydrogens is 121 g/mol. The van der Waals surface area contributed by atoms with Crippen LogP contribution >= 0.6 is 23.2 Å². The van der Waals surface area contributed by atoms with Gasteiger partial charge in [0, 0.05) is 6.92 Å². The second-order valence-electron chi connectivity index (χ2n) is 0.954. The fourth-order valence-electron chi connectivity index (χ4n) is 0. The lowest BCUT2D eigenvalue weighted by molar-refractivity contribution is 1.11. The first kappa shape index (κ1) is 6.07. The van der Waals surface area contributed by atoms with E-state index in [9.17, 15) is 0 Å². The first-order chi connectivity index (χ1) is 2.56. The van der Waals surface area contributed by atoms with Crippen LogP contribution in [0.1, 0.15) is 6.92 Å². The predicted octanol–water partition coefficient (Wildman–Crippen LogP) is 2.06. The molecule has 0 aromatic carbocycles. The van der Waals surface area contributed by atoms with E-state index in [1.165, 1.54) is 6.92 Å². The van der Waals surface area contributed by atoms with Crippen LogP contribution in [0.4, 0.5) is 0 Å². The van der Waals surface area contributed by atoms with E-state index in [-0.39, 0.29) is 0 Å². The van der Waals surface area contributed by atoms with E-state index in [0.717, 1.165) is 0 Å². The van der Waals surface area contributed by atoms with Crippen molar-refractivity contribution >= 4 is 23.2 Å². The van der Waals surface area contributed by atoms with Gasteiger partial charge in [-0.1, -0.05) is 0 Å². The average Bonchev–Trinajstić information content (AvgIpc) is 1.35. The van der Waals surface area contributed by atoms with Gasteiger partial charge in [-0.2, -0.15) is 0 Å². The summed E-state index contributed by atoms with van der Waals surface area (Å²) >= 11 is 10.3. The summed E-state index contributed by atoms with van der Waals surface area (Å²) in [6.45, 7) is 7.64. The van der Waals surface area contributed by atoms with Crippen LogP contribution in [0.3, 0.4) is 0 Å². The van der Waals surface area contributed by atoms with Crippen LogP contribution in [0, 0.1) is 6.57 Å². The Kier molecular flexibility index (Phi) is 1.70. The van der Waals surface area contributed by atoms with Crippen LogP contribution in [0.5, 0.6) is 0 Å². The molecule has 0 saturated carbocycles. The molecule has 0 fully saturated rings. The third-order valence-corrected chi connectivity index (χ3v) is 0.365. The molecule has 0 aromatic heterocycles. The lowest BCUT2D eigenvalue weighted by atomic mass is 10.8.